The minimum Gasteiger partial charge on any atom is -0.493 e. The molecule has 0 aliphatic rings. The molecular formula is C20H21Cl2NO5S. The zero-order chi connectivity index (χ0) is 21.3. The molecule has 0 atom stereocenters. The summed E-state index contributed by atoms with van der Waals surface area (Å²) in [6.45, 7) is -0.0732. The number of esters is 1. The van der Waals surface area contributed by atoms with Crippen LogP contribution in [0.25, 0.3) is 6.08 Å². The minimum absolute atomic E-state index is 0.0812. The molecular weight excluding hydrogens is 437 g/mol. The van der Waals surface area contributed by atoms with Crippen molar-refractivity contribution >= 4 is 45.3 Å². The molecule has 0 saturated carbocycles. The van der Waals surface area contributed by atoms with Gasteiger partial charge in [0.2, 0.25) is 10.0 Å². The summed E-state index contributed by atoms with van der Waals surface area (Å²) >= 11 is 11.8. The Kier molecular flexibility index (Phi) is 8.98. The van der Waals surface area contributed by atoms with Gasteiger partial charge in [0, 0.05) is 18.0 Å². The summed E-state index contributed by atoms with van der Waals surface area (Å²) in [5.74, 6) is -0.127. The fraction of sp³-hybridized carbons (Fsp3) is 0.250. The number of carbonyl (C=O) groups excluding carboxylic acids is 1. The van der Waals surface area contributed by atoms with Crippen molar-refractivity contribution in [2.75, 3.05) is 26.8 Å². The van der Waals surface area contributed by atoms with Crippen LogP contribution in [0.5, 0.6) is 5.75 Å². The van der Waals surface area contributed by atoms with Crippen molar-refractivity contribution in [1.82, 2.24) is 4.31 Å². The highest BCUT2D eigenvalue weighted by molar-refractivity contribution is 7.92. The summed E-state index contributed by atoms with van der Waals surface area (Å²) in [5, 5.41) is 1.86. The highest BCUT2D eigenvalue weighted by Crippen LogP contribution is 2.26. The van der Waals surface area contributed by atoms with Crippen LogP contribution in [0.2, 0.25) is 10.0 Å². The Morgan fingerprint density at radius 2 is 1.83 bits per heavy atom. The molecule has 0 spiro atoms. The highest BCUT2D eigenvalue weighted by Gasteiger charge is 2.22. The van der Waals surface area contributed by atoms with Crippen molar-refractivity contribution in [3.05, 3.63) is 69.5 Å². The first-order chi connectivity index (χ1) is 13.8. The molecule has 0 bridgehead atoms. The molecule has 0 saturated heterocycles. The molecule has 6 nitrogen and oxygen atoms in total. The average molecular weight is 458 g/mol. The van der Waals surface area contributed by atoms with E-state index in [0.717, 1.165) is 15.3 Å². The number of rotatable bonds is 10. The monoisotopic (exact) mass is 457 g/mol. The van der Waals surface area contributed by atoms with Gasteiger partial charge < -0.3 is 9.47 Å². The Hall–Kier alpha value is -2.06. The summed E-state index contributed by atoms with van der Waals surface area (Å²) in [5.41, 5.74) is 0.733. The molecule has 0 unspecified atom stereocenters. The minimum atomic E-state index is -3.83. The van der Waals surface area contributed by atoms with Gasteiger partial charge >= 0.3 is 5.97 Å². The van der Waals surface area contributed by atoms with Crippen molar-refractivity contribution in [3.63, 3.8) is 0 Å². The molecule has 9 heteroatoms. The number of methoxy groups -OCH3 is 1. The third-order valence-corrected chi connectivity index (χ3v) is 6.09. The zero-order valence-electron chi connectivity index (χ0n) is 15.8. The average Bonchev–Trinajstić information content (AvgIpc) is 2.71. The molecule has 2 aromatic rings. The van der Waals surface area contributed by atoms with Gasteiger partial charge in [-0.15, -0.1) is 0 Å². The van der Waals surface area contributed by atoms with Gasteiger partial charge in [-0.05, 0) is 30.2 Å². The Morgan fingerprint density at radius 1 is 1.10 bits per heavy atom. The molecule has 0 aliphatic carbocycles. The van der Waals surface area contributed by atoms with Crippen LogP contribution in [0.15, 0.2) is 53.9 Å². The summed E-state index contributed by atoms with van der Waals surface area (Å²) in [6.07, 6.45) is 1.83. The van der Waals surface area contributed by atoms with Crippen molar-refractivity contribution < 1.29 is 22.7 Å². The molecule has 2 aromatic carbocycles. The maximum Gasteiger partial charge on any atom is 0.321 e. The van der Waals surface area contributed by atoms with Gasteiger partial charge in [0.1, 0.15) is 12.3 Å². The summed E-state index contributed by atoms with van der Waals surface area (Å²) < 4.78 is 36.6. The number of carbonyl (C=O) groups is 1. The van der Waals surface area contributed by atoms with E-state index in [9.17, 15) is 13.2 Å². The third kappa shape index (κ3) is 7.70. The van der Waals surface area contributed by atoms with Crippen molar-refractivity contribution in [2.45, 2.75) is 6.42 Å². The number of halogens is 2. The molecule has 2 rings (SSSR count). The Labute approximate surface area is 180 Å². The maximum absolute atomic E-state index is 12.7. The van der Waals surface area contributed by atoms with Crippen LogP contribution in [0.4, 0.5) is 0 Å². The molecule has 0 radical (unpaired) electrons. The van der Waals surface area contributed by atoms with E-state index in [-0.39, 0.29) is 19.7 Å². The number of hydrogen-bond acceptors (Lipinski definition) is 5. The molecule has 0 N–H and O–H groups in total. The quantitative estimate of drug-likeness (QED) is 0.394. The number of hydrogen-bond donors (Lipinski definition) is 0. The standard InChI is InChI=1S/C20H21Cl2NO5S/c1-27-20(24)15-23(29(25,26)13-10-16-6-3-2-4-7-16)11-5-12-28-17-8-9-18(21)19(22)14-17/h2-4,6-10,13-14H,5,11-12,15H2,1H3/b13-10+. The first-order valence-corrected chi connectivity index (χ1v) is 11.0. The number of ether oxygens (including phenoxy) is 2. The Balaban J connectivity index is 2.00. The van der Waals surface area contributed by atoms with E-state index in [1.54, 1.807) is 42.5 Å². The SMILES string of the molecule is COC(=O)CN(CCCOc1ccc(Cl)c(Cl)c1)S(=O)(=O)/C=C/c1ccccc1. The van der Waals surface area contributed by atoms with Gasteiger partial charge in [-0.1, -0.05) is 53.5 Å². The van der Waals surface area contributed by atoms with Gasteiger partial charge in [-0.3, -0.25) is 4.79 Å². The van der Waals surface area contributed by atoms with Crippen LogP contribution in [-0.2, 0) is 19.6 Å². The molecule has 0 fully saturated rings. The van der Waals surface area contributed by atoms with Crippen LogP contribution in [0.3, 0.4) is 0 Å². The first kappa shape index (κ1) is 23.2. The Morgan fingerprint density at radius 3 is 2.48 bits per heavy atom. The van der Waals surface area contributed by atoms with Crippen LogP contribution >= 0.6 is 23.2 Å². The molecule has 0 aromatic heterocycles. The predicted octanol–water partition coefficient (Wildman–Crippen LogP) is 4.24. The van der Waals surface area contributed by atoms with Gasteiger partial charge in [0.25, 0.3) is 0 Å². The lowest BCUT2D eigenvalue weighted by Crippen LogP contribution is -2.36. The number of sulfonamides is 1. The van der Waals surface area contributed by atoms with E-state index in [4.69, 9.17) is 27.9 Å². The van der Waals surface area contributed by atoms with Gasteiger partial charge in [0.15, 0.2) is 0 Å². The molecule has 0 aliphatic heterocycles. The molecule has 29 heavy (non-hydrogen) atoms. The fourth-order valence-corrected chi connectivity index (χ4v) is 3.78. The lowest BCUT2D eigenvalue weighted by molar-refractivity contribution is -0.140. The highest BCUT2D eigenvalue weighted by atomic mass is 35.5. The van der Waals surface area contributed by atoms with E-state index in [2.05, 4.69) is 4.74 Å². The molecule has 156 valence electrons. The van der Waals surface area contributed by atoms with Crippen LogP contribution < -0.4 is 4.74 Å². The summed E-state index contributed by atoms with van der Waals surface area (Å²) in [4.78, 5) is 11.7. The fourth-order valence-electron chi connectivity index (χ4n) is 2.32. The smallest absolute Gasteiger partial charge is 0.321 e. The van der Waals surface area contributed by atoms with Crippen molar-refractivity contribution in [1.29, 1.82) is 0 Å². The third-order valence-electron chi connectivity index (χ3n) is 3.84. The molecule has 0 heterocycles. The number of benzene rings is 2. The Bertz CT molecular complexity index is 949. The van der Waals surface area contributed by atoms with E-state index < -0.39 is 16.0 Å². The van der Waals surface area contributed by atoms with Gasteiger partial charge in [-0.2, -0.15) is 4.31 Å². The first-order valence-electron chi connectivity index (χ1n) is 8.70. The summed E-state index contributed by atoms with van der Waals surface area (Å²) in [6, 6.07) is 13.9. The zero-order valence-corrected chi connectivity index (χ0v) is 18.1. The maximum atomic E-state index is 12.7. The van der Waals surface area contributed by atoms with Gasteiger partial charge in [-0.25, -0.2) is 8.42 Å². The molecule has 0 amide bonds. The van der Waals surface area contributed by atoms with Crippen LogP contribution in [0, 0.1) is 0 Å². The van der Waals surface area contributed by atoms with E-state index in [1.165, 1.54) is 13.2 Å². The normalized spacial score (nSPS) is 11.7. The second-order valence-corrected chi connectivity index (χ2v) is 8.58. The van der Waals surface area contributed by atoms with Crippen LogP contribution in [0.1, 0.15) is 12.0 Å². The summed E-state index contributed by atoms with van der Waals surface area (Å²) in [7, 11) is -2.62. The topological polar surface area (TPSA) is 72.9 Å². The predicted molar refractivity (Wildman–Crippen MR) is 115 cm³/mol. The van der Waals surface area contributed by atoms with E-state index in [1.807, 2.05) is 6.07 Å². The lowest BCUT2D eigenvalue weighted by atomic mass is 10.2. The van der Waals surface area contributed by atoms with Crippen molar-refractivity contribution in [3.8, 4) is 5.75 Å². The largest absolute Gasteiger partial charge is 0.493 e. The van der Waals surface area contributed by atoms with Gasteiger partial charge in [0.05, 0.1) is 23.8 Å². The van der Waals surface area contributed by atoms with E-state index >= 15 is 0 Å². The van der Waals surface area contributed by atoms with E-state index in [0.29, 0.717) is 22.2 Å². The second kappa shape index (κ2) is 11.2. The second-order valence-electron chi connectivity index (χ2n) is 5.95. The van der Waals surface area contributed by atoms with Crippen LogP contribution in [-0.4, -0.2) is 45.5 Å². The lowest BCUT2D eigenvalue weighted by Gasteiger charge is -2.19. The van der Waals surface area contributed by atoms with Crippen molar-refractivity contribution in [2.24, 2.45) is 0 Å². The number of nitrogens with zero attached hydrogens (tertiary/aromatic N) is 1.